The van der Waals surface area contributed by atoms with Gasteiger partial charge in [-0.05, 0) is 44.2 Å². The highest BCUT2D eigenvalue weighted by molar-refractivity contribution is 5.81. The molecule has 4 aliphatic rings. The summed E-state index contributed by atoms with van der Waals surface area (Å²) in [7, 11) is 0. The SMILES string of the molecule is C1CCCCCCCCC1.C1CCCCCCCCC1.C=CC(=O)OCC1CCCCCCCCC1.C=CN1CCCC1=O.OCCCCCCO. The standard InChI is InChI=1S/C14H24O2.2C10H20.C6H9NO.C6H14O2/c1-2-14(15)16-12-13-10-8-6-4-3-5-7-9-11-13;2*1-2-4-6-8-10-9-7-5-3-1;1-2-7-5-3-4-6(7)8;7-5-3-1-2-4-6-8/h2,13H,1,3-12H2;2*1-10H2;2H,1,3-5H2;7-8H,1-6H2. The molecule has 6 heteroatoms. The monoisotopic (exact) mass is 734 g/mol. The van der Waals surface area contributed by atoms with Gasteiger partial charge in [0.15, 0.2) is 0 Å². The zero-order chi connectivity index (χ0) is 38.0. The van der Waals surface area contributed by atoms with Crippen LogP contribution in [0.5, 0.6) is 0 Å². The third-order valence-electron chi connectivity index (χ3n) is 10.7. The van der Waals surface area contributed by atoms with Crippen LogP contribution in [-0.4, -0.2) is 53.4 Å². The number of aliphatic hydroxyl groups is 2. The van der Waals surface area contributed by atoms with Gasteiger partial charge in [-0.15, -0.1) is 0 Å². The van der Waals surface area contributed by atoms with Crippen LogP contribution in [0.4, 0.5) is 0 Å². The Hall–Kier alpha value is -1.66. The summed E-state index contributed by atoms with van der Waals surface area (Å²) in [6, 6.07) is 0. The van der Waals surface area contributed by atoms with Gasteiger partial charge in [0.2, 0.25) is 5.91 Å². The molecule has 0 unspecified atom stereocenters. The number of unbranched alkanes of at least 4 members (excludes halogenated alkanes) is 3. The summed E-state index contributed by atoms with van der Waals surface area (Å²) >= 11 is 0. The molecule has 4 rings (SSSR count). The average Bonchev–Trinajstić information content (AvgIpc) is 3.61. The van der Waals surface area contributed by atoms with Crippen molar-refractivity contribution in [3.63, 3.8) is 0 Å². The first-order valence-corrected chi connectivity index (χ1v) is 22.5. The van der Waals surface area contributed by atoms with Crippen LogP contribution in [0.2, 0.25) is 0 Å². The van der Waals surface area contributed by atoms with Gasteiger partial charge >= 0.3 is 5.97 Å². The van der Waals surface area contributed by atoms with E-state index in [0.717, 1.165) is 38.6 Å². The molecule has 1 amide bonds. The van der Waals surface area contributed by atoms with Crippen molar-refractivity contribution in [2.24, 2.45) is 5.92 Å². The molecular weight excluding hydrogens is 647 g/mol. The maximum absolute atomic E-state index is 11.0. The van der Waals surface area contributed by atoms with Crippen molar-refractivity contribution in [2.45, 2.75) is 225 Å². The first kappa shape index (κ1) is 50.3. The number of ether oxygens (including phenoxy) is 1. The Morgan fingerprint density at radius 3 is 1.12 bits per heavy atom. The number of aliphatic hydroxyl groups excluding tert-OH is 2. The van der Waals surface area contributed by atoms with E-state index in [-0.39, 0.29) is 25.1 Å². The number of hydrogen-bond donors (Lipinski definition) is 2. The number of rotatable bonds is 9. The van der Waals surface area contributed by atoms with Gasteiger partial charge in [0.05, 0.1) is 6.61 Å². The number of likely N-dealkylation sites (tertiary alicyclic amines) is 1. The third-order valence-corrected chi connectivity index (χ3v) is 10.7. The Morgan fingerprint density at radius 1 is 0.558 bits per heavy atom. The molecule has 2 N–H and O–H groups in total. The fourth-order valence-electron chi connectivity index (χ4n) is 7.29. The van der Waals surface area contributed by atoms with Gasteiger partial charge in [-0.25, -0.2) is 4.79 Å². The lowest BCUT2D eigenvalue weighted by Crippen LogP contribution is -2.16. The molecule has 1 aliphatic heterocycles. The summed E-state index contributed by atoms with van der Waals surface area (Å²) in [5, 5.41) is 16.6. The Labute approximate surface area is 323 Å². The summed E-state index contributed by atoms with van der Waals surface area (Å²) in [6.07, 6.45) is 50.2. The number of carbonyl (C=O) groups excluding carboxylic acids is 2. The largest absolute Gasteiger partial charge is 0.462 e. The minimum atomic E-state index is -0.280. The average molecular weight is 734 g/mol. The van der Waals surface area contributed by atoms with Gasteiger partial charge in [0.1, 0.15) is 0 Å². The summed E-state index contributed by atoms with van der Waals surface area (Å²) in [5.41, 5.74) is 0. The van der Waals surface area contributed by atoms with Crippen molar-refractivity contribution in [3.8, 4) is 0 Å². The Balaban J connectivity index is 0.000000643. The highest BCUT2D eigenvalue weighted by Crippen LogP contribution is 2.22. The van der Waals surface area contributed by atoms with E-state index in [1.807, 2.05) is 0 Å². The Kier molecular flexibility index (Phi) is 40.7. The fraction of sp³-hybridized carbons (Fsp3) is 0.870. The van der Waals surface area contributed by atoms with Crippen LogP contribution in [0, 0.1) is 5.92 Å². The summed E-state index contributed by atoms with van der Waals surface area (Å²) in [5.74, 6) is 0.499. The van der Waals surface area contributed by atoms with Gasteiger partial charge in [-0.3, -0.25) is 4.79 Å². The second kappa shape index (κ2) is 42.1. The smallest absolute Gasteiger partial charge is 0.330 e. The summed E-state index contributed by atoms with van der Waals surface area (Å²) in [4.78, 5) is 23.3. The Bertz CT molecular complexity index is 684. The van der Waals surface area contributed by atoms with Crippen LogP contribution in [0.15, 0.2) is 25.4 Å². The number of amides is 1. The molecule has 306 valence electrons. The van der Waals surface area contributed by atoms with Gasteiger partial charge in [0, 0.05) is 32.3 Å². The topological polar surface area (TPSA) is 87.1 Å². The molecule has 0 radical (unpaired) electrons. The molecule has 52 heavy (non-hydrogen) atoms. The molecule has 1 heterocycles. The number of esters is 1. The van der Waals surface area contributed by atoms with Crippen LogP contribution in [0.3, 0.4) is 0 Å². The summed E-state index contributed by atoms with van der Waals surface area (Å²) in [6.45, 7) is 8.93. The van der Waals surface area contributed by atoms with E-state index >= 15 is 0 Å². The van der Waals surface area contributed by atoms with Gasteiger partial charge in [-0.1, -0.05) is 199 Å². The predicted octanol–water partition coefficient (Wildman–Crippen LogP) is 12.9. The second-order valence-corrected chi connectivity index (χ2v) is 15.6. The minimum Gasteiger partial charge on any atom is -0.462 e. The maximum Gasteiger partial charge on any atom is 0.330 e. The van der Waals surface area contributed by atoms with Crippen molar-refractivity contribution in [1.29, 1.82) is 0 Å². The lowest BCUT2D eigenvalue weighted by atomic mass is 9.93. The maximum atomic E-state index is 11.0. The highest BCUT2D eigenvalue weighted by Gasteiger charge is 2.16. The van der Waals surface area contributed by atoms with E-state index in [0.29, 0.717) is 18.9 Å². The number of carbonyl (C=O) groups is 2. The van der Waals surface area contributed by atoms with Crippen LogP contribution in [-0.2, 0) is 14.3 Å². The highest BCUT2D eigenvalue weighted by atomic mass is 16.5. The molecular formula is C46H87NO5. The molecule has 3 aliphatic carbocycles. The van der Waals surface area contributed by atoms with Gasteiger partial charge in [-0.2, -0.15) is 0 Å². The molecule has 4 fully saturated rings. The van der Waals surface area contributed by atoms with Gasteiger partial charge in [0.25, 0.3) is 0 Å². The Morgan fingerprint density at radius 2 is 0.885 bits per heavy atom. The van der Waals surface area contributed by atoms with E-state index in [1.54, 1.807) is 11.1 Å². The molecule has 0 aromatic carbocycles. The zero-order valence-corrected chi connectivity index (χ0v) is 34.3. The van der Waals surface area contributed by atoms with E-state index in [2.05, 4.69) is 13.2 Å². The fourth-order valence-corrected chi connectivity index (χ4v) is 7.29. The van der Waals surface area contributed by atoms with E-state index in [4.69, 9.17) is 14.9 Å². The summed E-state index contributed by atoms with van der Waals surface area (Å²) < 4.78 is 5.14. The quantitative estimate of drug-likeness (QED) is 0.140. The normalized spacial score (nSPS) is 19.9. The second-order valence-electron chi connectivity index (χ2n) is 15.6. The molecule has 0 aromatic rings. The van der Waals surface area contributed by atoms with Crippen LogP contribution in [0.25, 0.3) is 0 Å². The lowest BCUT2D eigenvalue weighted by molar-refractivity contribution is -0.139. The minimum absolute atomic E-state index is 0.208. The van der Waals surface area contributed by atoms with Gasteiger partial charge < -0.3 is 19.8 Å². The molecule has 0 bridgehead atoms. The molecule has 0 spiro atoms. The third kappa shape index (κ3) is 36.7. The van der Waals surface area contributed by atoms with E-state index in [9.17, 15) is 9.59 Å². The zero-order valence-electron chi connectivity index (χ0n) is 34.3. The number of nitrogens with zero attached hydrogens (tertiary/aromatic N) is 1. The molecule has 3 saturated carbocycles. The van der Waals surface area contributed by atoms with Crippen molar-refractivity contribution < 1.29 is 24.5 Å². The predicted molar refractivity (Wildman–Crippen MR) is 222 cm³/mol. The van der Waals surface area contributed by atoms with Crippen molar-refractivity contribution in [2.75, 3.05) is 26.4 Å². The van der Waals surface area contributed by atoms with Crippen molar-refractivity contribution in [3.05, 3.63) is 25.4 Å². The van der Waals surface area contributed by atoms with Crippen molar-refractivity contribution in [1.82, 2.24) is 4.90 Å². The molecule has 0 aromatic heterocycles. The molecule has 6 nitrogen and oxygen atoms in total. The van der Waals surface area contributed by atoms with Crippen LogP contribution < -0.4 is 0 Å². The van der Waals surface area contributed by atoms with Crippen LogP contribution >= 0.6 is 0 Å². The molecule has 1 saturated heterocycles. The first-order chi connectivity index (χ1) is 25.6. The van der Waals surface area contributed by atoms with E-state index in [1.165, 1.54) is 192 Å². The lowest BCUT2D eigenvalue weighted by Gasteiger charge is -2.17. The van der Waals surface area contributed by atoms with E-state index < -0.39 is 0 Å². The van der Waals surface area contributed by atoms with Crippen LogP contribution in [0.1, 0.15) is 225 Å². The molecule has 0 atom stereocenters. The van der Waals surface area contributed by atoms with Crippen molar-refractivity contribution >= 4 is 11.9 Å². The first-order valence-electron chi connectivity index (χ1n) is 22.5. The number of hydrogen-bond acceptors (Lipinski definition) is 5.